The summed E-state index contributed by atoms with van der Waals surface area (Å²) in [4.78, 5) is 0. The highest BCUT2D eigenvalue weighted by atomic mass is 32.2. The highest BCUT2D eigenvalue weighted by Crippen LogP contribution is 2.84. The lowest BCUT2D eigenvalue weighted by Gasteiger charge is -2.33. The van der Waals surface area contributed by atoms with Gasteiger partial charge in [-0.2, -0.15) is 0 Å². The van der Waals surface area contributed by atoms with Crippen LogP contribution < -0.4 is 4.74 Å². The Labute approximate surface area is 214 Å². The fourth-order valence-corrected chi connectivity index (χ4v) is 8.33. The van der Waals surface area contributed by atoms with Crippen molar-refractivity contribution in [3.63, 3.8) is 0 Å². The lowest BCUT2D eigenvalue weighted by atomic mass is 9.70. The van der Waals surface area contributed by atoms with Crippen molar-refractivity contribution in [2.75, 3.05) is 0 Å². The minimum atomic E-state index is -0.315. The van der Waals surface area contributed by atoms with E-state index in [2.05, 4.69) is 133 Å². The summed E-state index contributed by atoms with van der Waals surface area (Å²) >= 11 is 2.05. The number of ether oxygens (including phenoxy) is 1. The van der Waals surface area contributed by atoms with Gasteiger partial charge in [-0.25, -0.2) is 0 Å². The molecule has 1 nitrogen and oxygen atoms in total. The Hall–Kier alpha value is -4.01. The van der Waals surface area contributed by atoms with E-state index in [1.54, 1.807) is 0 Å². The quantitative estimate of drug-likeness (QED) is 0.230. The number of benzene rings is 6. The van der Waals surface area contributed by atoms with Gasteiger partial charge in [0.2, 0.25) is 0 Å². The molecule has 0 bridgehead atoms. The molecule has 1 spiro atoms. The zero-order chi connectivity index (χ0) is 23.7. The molecule has 2 heteroatoms. The maximum atomic E-state index is 6.48. The molecule has 0 aromatic heterocycles. The van der Waals surface area contributed by atoms with E-state index in [1.165, 1.54) is 43.8 Å². The molecule has 6 aromatic rings. The van der Waals surface area contributed by atoms with Crippen LogP contribution in [0.3, 0.4) is 0 Å². The van der Waals surface area contributed by atoms with Crippen molar-refractivity contribution in [3.05, 3.63) is 156 Å². The SMILES string of the molecule is c1ccc2c(c1)Oc1ccccc1C21SC1(c1cccc2ccccc12)c1cccc2ccccc12. The molecule has 36 heavy (non-hydrogen) atoms. The summed E-state index contributed by atoms with van der Waals surface area (Å²) in [5, 5.41) is 5.15. The van der Waals surface area contributed by atoms with Crippen LogP contribution in [0.15, 0.2) is 133 Å². The summed E-state index contributed by atoms with van der Waals surface area (Å²) in [5.74, 6) is 1.90. The molecular weight excluding hydrogens is 456 g/mol. The average molecular weight is 479 g/mol. The summed E-state index contributed by atoms with van der Waals surface area (Å²) in [6.07, 6.45) is 0. The van der Waals surface area contributed by atoms with Crippen molar-refractivity contribution < 1.29 is 4.74 Å². The molecule has 8 rings (SSSR count). The van der Waals surface area contributed by atoms with Gasteiger partial charge in [-0.1, -0.05) is 121 Å². The van der Waals surface area contributed by atoms with Crippen molar-refractivity contribution in [2.45, 2.75) is 9.49 Å². The number of thioether (sulfide) groups is 1. The van der Waals surface area contributed by atoms with Crippen molar-refractivity contribution >= 4 is 33.3 Å². The van der Waals surface area contributed by atoms with Gasteiger partial charge in [-0.15, -0.1) is 11.8 Å². The first-order valence-corrected chi connectivity index (χ1v) is 13.2. The molecule has 0 N–H and O–H groups in total. The van der Waals surface area contributed by atoms with Crippen LogP contribution >= 0.6 is 11.8 Å². The third-order valence-corrected chi connectivity index (χ3v) is 9.75. The van der Waals surface area contributed by atoms with Gasteiger partial charge in [0.1, 0.15) is 11.5 Å². The predicted octanol–water partition coefficient (Wildman–Crippen LogP) is 9.03. The first-order chi connectivity index (χ1) is 17.8. The Morgan fingerprint density at radius 3 is 1.33 bits per heavy atom. The van der Waals surface area contributed by atoms with Crippen LogP contribution in [0.4, 0.5) is 0 Å². The minimum Gasteiger partial charge on any atom is -0.457 e. The number of hydrogen-bond acceptors (Lipinski definition) is 2. The smallest absolute Gasteiger partial charge is 0.132 e. The summed E-state index contributed by atoms with van der Waals surface area (Å²) in [7, 11) is 0. The maximum absolute atomic E-state index is 6.48. The van der Waals surface area contributed by atoms with Crippen LogP contribution in [-0.4, -0.2) is 0 Å². The third-order valence-electron chi connectivity index (χ3n) is 7.85. The molecule has 2 heterocycles. The van der Waals surface area contributed by atoms with Gasteiger partial charge in [-0.05, 0) is 44.8 Å². The van der Waals surface area contributed by atoms with Crippen molar-refractivity contribution in [1.29, 1.82) is 0 Å². The summed E-state index contributed by atoms with van der Waals surface area (Å²) < 4.78 is 5.87. The normalized spacial score (nSPS) is 16.3. The maximum Gasteiger partial charge on any atom is 0.132 e. The lowest BCUT2D eigenvalue weighted by molar-refractivity contribution is 0.437. The Bertz CT molecular complexity index is 1680. The van der Waals surface area contributed by atoms with Gasteiger partial charge in [0.15, 0.2) is 0 Å². The molecule has 0 radical (unpaired) electrons. The average Bonchev–Trinajstić information content (AvgIpc) is 3.63. The van der Waals surface area contributed by atoms with E-state index in [1.807, 2.05) is 11.8 Å². The Kier molecular flexibility index (Phi) is 4.07. The largest absolute Gasteiger partial charge is 0.457 e. The summed E-state index contributed by atoms with van der Waals surface area (Å²) in [6.45, 7) is 0. The molecule has 0 unspecified atom stereocenters. The van der Waals surface area contributed by atoms with Gasteiger partial charge in [0, 0.05) is 11.1 Å². The topological polar surface area (TPSA) is 9.23 Å². The molecule has 2 aliphatic heterocycles. The van der Waals surface area contributed by atoms with Gasteiger partial charge >= 0.3 is 0 Å². The summed E-state index contributed by atoms with van der Waals surface area (Å²) in [5.41, 5.74) is 5.20. The van der Waals surface area contributed by atoms with Crippen LogP contribution in [0.1, 0.15) is 22.3 Å². The van der Waals surface area contributed by atoms with E-state index in [9.17, 15) is 0 Å². The highest BCUT2D eigenvalue weighted by Gasteiger charge is 2.75. The fraction of sp³-hybridized carbons (Fsp3) is 0.0588. The second-order valence-corrected chi connectivity index (χ2v) is 11.0. The van der Waals surface area contributed by atoms with Crippen LogP contribution in [0.5, 0.6) is 11.5 Å². The molecule has 6 aromatic carbocycles. The monoisotopic (exact) mass is 478 g/mol. The van der Waals surface area contributed by atoms with Crippen molar-refractivity contribution in [2.24, 2.45) is 0 Å². The molecule has 0 atom stereocenters. The van der Waals surface area contributed by atoms with E-state index < -0.39 is 0 Å². The van der Waals surface area contributed by atoms with Crippen LogP contribution in [0, 0.1) is 0 Å². The van der Waals surface area contributed by atoms with E-state index in [0.29, 0.717) is 0 Å². The number of hydrogen-bond donors (Lipinski definition) is 0. The molecule has 0 saturated carbocycles. The van der Waals surface area contributed by atoms with Crippen LogP contribution in [0.25, 0.3) is 21.5 Å². The third kappa shape index (κ3) is 2.47. The molecule has 0 aliphatic carbocycles. The first kappa shape index (κ1) is 20.2. The molecule has 0 amide bonds. The Morgan fingerprint density at radius 1 is 0.389 bits per heavy atom. The van der Waals surface area contributed by atoms with Gasteiger partial charge in [0.05, 0.1) is 9.49 Å². The van der Waals surface area contributed by atoms with E-state index in [4.69, 9.17) is 4.74 Å². The Morgan fingerprint density at radius 2 is 0.778 bits per heavy atom. The van der Waals surface area contributed by atoms with Crippen molar-refractivity contribution in [1.82, 2.24) is 0 Å². The highest BCUT2D eigenvalue weighted by molar-refractivity contribution is 8.09. The molecule has 170 valence electrons. The fourth-order valence-electron chi connectivity index (χ4n) is 6.35. The second-order valence-electron chi connectivity index (χ2n) is 9.61. The minimum absolute atomic E-state index is 0.299. The Balaban J connectivity index is 1.56. The molecule has 1 saturated heterocycles. The van der Waals surface area contributed by atoms with Crippen LogP contribution in [-0.2, 0) is 9.49 Å². The number of para-hydroxylation sites is 2. The zero-order valence-electron chi connectivity index (χ0n) is 19.5. The van der Waals surface area contributed by atoms with Crippen molar-refractivity contribution in [3.8, 4) is 11.5 Å². The van der Waals surface area contributed by atoms with E-state index >= 15 is 0 Å². The second kappa shape index (κ2) is 7.25. The lowest BCUT2D eigenvalue weighted by Crippen LogP contribution is -2.28. The van der Waals surface area contributed by atoms with Gasteiger partial charge in [0.25, 0.3) is 0 Å². The number of rotatable bonds is 2. The molecule has 2 aliphatic rings. The molecular formula is C34H22OS. The standard InChI is InChI=1S/C34H22OS/c1-3-15-25-23(11-1)13-9-19-27(25)33(28-20-10-14-24-12-2-4-16-26(24)28)34(36-33)29-17-5-7-21-31(29)35-32-22-8-6-18-30(32)34/h1-22H. The van der Waals surface area contributed by atoms with E-state index in [0.717, 1.165) is 11.5 Å². The van der Waals surface area contributed by atoms with Crippen LogP contribution in [0.2, 0.25) is 0 Å². The van der Waals surface area contributed by atoms with E-state index in [-0.39, 0.29) is 9.49 Å². The first-order valence-electron chi connectivity index (χ1n) is 12.4. The summed E-state index contributed by atoms with van der Waals surface area (Å²) in [6, 6.07) is 48.3. The molecule has 1 fully saturated rings. The zero-order valence-corrected chi connectivity index (χ0v) is 20.3. The van der Waals surface area contributed by atoms with Gasteiger partial charge in [-0.3, -0.25) is 0 Å². The number of fused-ring (bicyclic) bond motifs is 6. The predicted molar refractivity (Wildman–Crippen MR) is 150 cm³/mol. The van der Waals surface area contributed by atoms with Gasteiger partial charge < -0.3 is 4.74 Å².